The molecule has 0 fully saturated rings. The van der Waals surface area contributed by atoms with Crippen molar-refractivity contribution >= 4 is 27.5 Å². The fraction of sp³-hybridized carbons (Fsp3) is 0.219. The van der Waals surface area contributed by atoms with Gasteiger partial charge in [-0.3, -0.25) is 23.9 Å². The maximum Gasteiger partial charge on any atom is 0.255 e. The van der Waals surface area contributed by atoms with Crippen molar-refractivity contribution in [3.8, 4) is 29.2 Å². The molecular formula is C32H30N6O. The first-order chi connectivity index (χ1) is 19.0. The quantitative estimate of drug-likeness (QED) is 0.183. The average Bonchev–Trinajstić information content (AvgIpc) is 3.56. The molecule has 0 spiro atoms. The predicted octanol–water partition coefficient (Wildman–Crippen LogP) is 4.42. The molecule has 0 atom stereocenters. The Bertz CT molecular complexity index is 1820. The van der Waals surface area contributed by atoms with Crippen LogP contribution in [-0.4, -0.2) is 57.5 Å². The van der Waals surface area contributed by atoms with Crippen LogP contribution in [0.2, 0.25) is 0 Å². The Morgan fingerprint density at radius 1 is 1.08 bits per heavy atom. The van der Waals surface area contributed by atoms with E-state index < -0.39 is 0 Å². The highest BCUT2D eigenvalue weighted by molar-refractivity contribution is 6.05. The second kappa shape index (κ2) is 10.2. The smallest absolute Gasteiger partial charge is 0.255 e. The Balaban J connectivity index is 1.42. The third-order valence-electron chi connectivity index (χ3n) is 7.35. The summed E-state index contributed by atoms with van der Waals surface area (Å²) < 4.78 is 3.62. The van der Waals surface area contributed by atoms with E-state index in [-0.39, 0.29) is 5.56 Å². The maximum absolute atomic E-state index is 13.4. The van der Waals surface area contributed by atoms with Crippen molar-refractivity contribution in [2.24, 2.45) is 7.05 Å². The third-order valence-corrected chi connectivity index (χ3v) is 7.35. The van der Waals surface area contributed by atoms with Gasteiger partial charge in [0.25, 0.3) is 5.56 Å². The van der Waals surface area contributed by atoms with E-state index >= 15 is 0 Å². The zero-order valence-corrected chi connectivity index (χ0v) is 22.2. The van der Waals surface area contributed by atoms with Crippen LogP contribution in [0.15, 0.2) is 84.1 Å². The van der Waals surface area contributed by atoms with E-state index in [1.54, 1.807) is 10.7 Å². The number of hydrogen-bond acceptors (Lipinski definition) is 5. The lowest BCUT2D eigenvalue weighted by Gasteiger charge is -2.19. The molecule has 1 aliphatic heterocycles. The van der Waals surface area contributed by atoms with Crippen molar-refractivity contribution in [2.45, 2.75) is 6.42 Å². The number of pyridine rings is 2. The van der Waals surface area contributed by atoms with E-state index in [9.17, 15) is 4.79 Å². The summed E-state index contributed by atoms with van der Waals surface area (Å²) in [5.41, 5.74) is 7.02. The van der Waals surface area contributed by atoms with Crippen LogP contribution in [-0.2, 0) is 13.5 Å². The number of benzene rings is 2. The predicted molar refractivity (Wildman–Crippen MR) is 158 cm³/mol. The second-order valence-electron chi connectivity index (χ2n) is 10.1. The number of aromatic nitrogens is 4. The summed E-state index contributed by atoms with van der Waals surface area (Å²) in [5.74, 6) is 2.67. The van der Waals surface area contributed by atoms with Crippen LogP contribution < -0.4 is 10.5 Å². The lowest BCUT2D eigenvalue weighted by Crippen LogP contribution is -2.22. The summed E-state index contributed by atoms with van der Waals surface area (Å²) in [6.07, 6.45) is 16.4. The molecule has 5 aromatic rings. The van der Waals surface area contributed by atoms with Gasteiger partial charge in [-0.25, -0.2) is 0 Å². The Morgan fingerprint density at radius 3 is 2.79 bits per heavy atom. The number of terminal acetylenes is 1. The van der Waals surface area contributed by atoms with Gasteiger partial charge in [0.1, 0.15) is 0 Å². The lowest BCUT2D eigenvalue weighted by atomic mass is 10.0. The highest BCUT2D eigenvalue weighted by atomic mass is 16.1. The minimum absolute atomic E-state index is 0.0669. The SMILES string of the molecule is C#CCN(C)CC=CCN1CCc2ccc(-n3c(=O)ccc4cnc5ccc(-c6cnn(C)c6)cc5c43)cc21. The second-order valence-corrected chi connectivity index (χ2v) is 10.1. The van der Waals surface area contributed by atoms with Crippen LogP contribution in [0.1, 0.15) is 5.56 Å². The van der Waals surface area contributed by atoms with Gasteiger partial charge in [-0.15, -0.1) is 6.42 Å². The zero-order chi connectivity index (χ0) is 26.9. The summed E-state index contributed by atoms with van der Waals surface area (Å²) >= 11 is 0. The molecule has 0 saturated heterocycles. The average molecular weight is 515 g/mol. The summed E-state index contributed by atoms with van der Waals surface area (Å²) in [6.45, 7) is 3.22. The maximum atomic E-state index is 13.4. The third kappa shape index (κ3) is 4.71. The van der Waals surface area contributed by atoms with Crippen LogP contribution in [0.4, 0.5) is 5.69 Å². The molecule has 0 radical (unpaired) electrons. The topological polar surface area (TPSA) is 59.2 Å². The molecule has 0 N–H and O–H groups in total. The van der Waals surface area contributed by atoms with Crippen molar-refractivity contribution in [3.05, 3.63) is 95.2 Å². The largest absolute Gasteiger partial charge is 0.367 e. The first-order valence-corrected chi connectivity index (χ1v) is 13.1. The summed E-state index contributed by atoms with van der Waals surface area (Å²) in [5, 5.41) is 6.18. The van der Waals surface area contributed by atoms with Gasteiger partial charge in [0.05, 0.1) is 29.5 Å². The van der Waals surface area contributed by atoms with E-state index in [4.69, 9.17) is 6.42 Å². The molecule has 7 heteroatoms. The number of fused-ring (bicyclic) bond motifs is 4. The molecule has 0 unspecified atom stereocenters. The molecule has 0 aliphatic carbocycles. The minimum atomic E-state index is -0.0669. The number of hydrogen-bond donors (Lipinski definition) is 0. The van der Waals surface area contributed by atoms with E-state index in [0.717, 1.165) is 64.7 Å². The van der Waals surface area contributed by atoms with Crippen LogP contribution in [0.5, 0.6) is 0 Å². The minimum Gasteiger partial charge on any atom is -0.367 e. The Morgan fingerprint density at radius 2 is 1.97 bits per heavy atom. The molecule has 39 heavy (non-hydrogen) atoms. The molecule has 194 valence electrons. The van der Waals surface area contributed by atoms with Crippen molar-refractivity contribution in [3.63, 3.8) is 0 Å². The van der Waals surface area contributed by atoms with Crippen LogP contribution >= 0.6 is 0 Å². The van der Waals surface area contributed by atoms with Crippen molar-refractivity contribution in [1.82, 2.24) is 24.2 Å². The Hall–Kier alpha value is -4.67. The molecule has 2 aromatic carbocycles. The molecule has 0 amide bonds. The lowest BCUT2D eigenvalue weighted by molar-refractivity contribution is 0.419. The van der Waals surface area contributed by atoms with Gasteiger partial charge in [0, 0.05) is 67.2 Å². The number of nitrogens with zero attached hydrogens (tertiary/aromatic N) is 6. The van der Waals surface area contributed by atoms with Crippen LogP contribution in [0, 0.1) is 12.3 Å². The monoisotopic (exact) mass is 514 g/mol. The summed E-state index contributed by atoms with van der Waals surface area (Å²) in [6, 6.07) is 16.0. The fourth-order valence-electron chi connectivity index (χ4n) is 5.36. The van der Waals surface area contributed by atoms with E-state index in [0.29, 0.717) is 6.54 Å². The highest BCUT2D eigenvalue weighted by Crippen LogP contribution is 2.33. The molecule has 0 saturated carbocycles. The Kier molecular flexibility index (Phi) is 6.47. The summed E-state index contributed by atoms with van der Waals surface area (Å²) in [4.78, 5) is 22.6. The van der Waals surface area contributed by atoms with Crippen molar-refractivity contribution in [2.75, 3.05) is 38.1 Å². The van der Waals surface area contributed by atoms with E-state index in [1.165, 1.54) is 11.3 Å². The highest BCUT2D eigenvalue weighted by Gasteiger charge is 2.20. The number of rotatable bonds is 7. The number of aryl methyl sites for hydroxylation is 1. The van der Waals surface area contributed by atoms with Gasteiger partial charge >= 0.3 is 0 Å². The van der Waals surface area contributed by atoms with Gasteiger partial charge in [0.15, 0.2) is 0 Å². The molecule has 3 aromatic heterocycles. The zero-order valence-electron chi connectivity index (χ0n) is 22.2. The number of anilines is 1. The molecule has 6 rings (SSSR count). The van der Waals surface area contributed by atoms with Gasteiger partial charge < -0.3 is 4.90 Å². The number of likely N-dealkylation sites (N-methyl/N-ethyl adjacent to an activating group) is 1. The first-order valence-electron chi connectivity index (χ1n) is 13.1. The van der Waals surface area contributed by atoms with Gasteiger partial charge in [0.2, 0.25) is 0 Å². The molecule has 1 aliphatic rings. The van der Waals surface area contributed by atoms with E-state index in [2.05, 4.69) is 68.3 Å². The standard InChI is InChI=1S/C32H30N6O/c1-4-14-35(2)15-5-6-16-37-17-13-23-7-10-27(19-30(23)37)38-31(39)12-9-25-20-33-29-11-8-24(18-28(29)32(25)38)26-21-34-36(3)22-26/h1,5-12,18-22H,13-17H2,2-3H3. The molecular weight excluding hydrogens is 484 g/mol. The summed E-state index contributed by atoms with van der Waals surface area (Å²) in [7, 11) is 3.92. The van der Waals surface area contributed by atoms with Gasteiger partial charge in [-0.1, -0.05) is 30.2 Å². The van der Waals surface area contributed by atoms with Crippen LogP contribution in [0.3, 0.4) is 0 Å². The normalized spacial score (nSPS) is 13.1. The molecule has 0 bridgehead atoms. The van der Waals surface area contributed by atoms with Crippen molar-refractivity contribution in [1.29, 1.82) is 0 Å². The van der Waals surface area contributed by atoms with Gasteiger partial charge in [-0.2, -0.15) is 5.10 Å². The first kappa shape index (κ1) is 24.7. The molecule has 7 nitrogen and oxygen atoms in total. The Labute approximate surface area is 227 Å². The van der Waals surface area contributed by atoms with Gasteiger partial charge in [-0.05, 0) is 54.9 Å². The fourth-order valence-corrected chi connectivity index (χ4v) is 5.36. The van der Waals surface area contributed by atoms with E-state index in [1.807, 2.05) is 49.4 Å². The van der Waals surface area contributed by atoms with Crippen LogP contribution in [0.25, 0.3) is 38.6 Å². The molecule has 4 heterocycles. The van der Waals surface area contributed by atoms with Crippen molar-refractivity contribution < 1.29 is 0 Å².